The van der Waals surface area contributed by atoms with E-state index in [4.69, 9.17) is 9.47 Å². The molecule has 3 rings (SSSR count). The lowest BCUT2D eigenvalue weighted by Gasteiger charge is -2.15. The van der Waals surface area contributed by atoms with E-state index in [9.17, 15) is 22.4 Å². The lowest BCUT2D eigenvalue weighted by atomic mass is 10.1. The number of thiazole rings is 1. The number of nitrogens with one attached hydrogen (secondary N) is 2. The number of aromatic nitrogens is 3. The Hall–Kier alpha value is -2.94. The van der Waals surface area contributed by atoms with Gasteiger partial charge in [0.1, 0.15) is 10.8 Å². The highest BCUT2D eigenvalue weighted by molar-refractivity contribution is 7.92. The van der Waals surface area contributed by atoms with Gasteiger partial charge in [0.15, 0.2) is 15.1 Å². The van der Waals surface area contributed by atoms with E-state index in [1.807, 2.05) is 13.8 Å². The number of hydrogen-bond acceptors (Lipinski definition) is 9. The van der Waals surface area contributed by atoms with Gasteiger partial charge >= 0.3 is 0 Å². The minimum Gasteiger partial charge on any atom is -0.384 e. The van der Waals surface area contributed by atoms with Crippen molar-refractivity contribution >= 4 is 43.2 Å². The molecule has 1 atom stereocenters. The van der Waals surface area contributed by atoms with E-state index in [1.54, 1.807) is 13.1 Å². The third-order valence-corrected chi connectivity index (χ3v) is 8.41. The Bertz CT molecular complexity index is 1350. The lowest BCUT2D eigenvalue weighted by molar-refractivity contribution is -0.126. The maximum atomic E-state index is 14.9. The number of aryl methyl sites for hydroxylation is 1. The van der Waals surface area contributed by atoms with E-state index in [0.29, 0.717) is 22.5 Å². The molecule has 0 saturated carbocycles. The zero-order valence-corrected chi connectivity index (χ0v) is 22.6. The second-order valence-corrected chi connectivity index (χ2v) is 11.7. The van der Waals surface area contributed by atoms with Crippen molar-refractivity contribution in [3.63, 3.8) is 0 Å². The number of sulfone groups is 1. The molecule has 0 radical (unpaired) electrons. The summed E-state index contributed by atoms with van der Waals surface area (Å²) >= 11 is 0.901. The van der Waals surface area contributed by atoms with Crippen LogP contribution in [0.5, 0.6) is 0 Å². The Kier molecular flexibility index (Phi) is 9.70. The Labute approximate surface area is 218 Å². The Morgan fingerprint density at radius 3 is 2.62 bits per heavy atom. The molecule has 0 saturated heterocycles. The number of carbonyl (C=O) groups excluding carboxylic acids is 2. The molecule has 2 heterocycles. The van der Waals surface area contributed by atoms with Crippen molar-refractivity contribution in [2.24, 2.45) is 7.05 Å². The highest BCUT2D eigenvalue weighted by Crippen LogP contribution is 2.35. The van der Waals surface area contributed by atoms with Crippen LogP contribution in [0.4, 0.5) is 4.39 Å². The summed E-state index contributed by atoms with van der Waals surface area (Å²) in [6, 6.07) is 4.39. The molecule has 2 N–H and O–H groups in total. The predicted molar refractivity (Wildman–Crippen MR) is 137 cm³/mol. The normalized spacial score (nSPS) is 12.7. The second-order valence-electron chi connectivity index (χ2n) is 8.42. The molecule has 3 aromatic rings. The standard InChI is InChI=1S/C23H30FN5O6S2/c1-14(2)35-8-7-25-20(30)13-26-22(31)21(37(32,33)10-9-34-4)23-28-17-11-15(16(24)12-19(17)36-23)18-5-6-27-29(18)3/h5-6,11-12,14,21H,7-10,13H2,1-4H3,(H,25,30)(H,26,31). The smallest absolute Gasteiger partial charge is 0.245 e. The van der Waals surface area contributed by atoms with Crippen molar-refractivity contribution < 1.29 is 31.9 Å². The highest BCUT2D eigenvalue weighted by Gasteiger charge is 2.37. The number of carbonyl (C=O) groups is 2. The third kappa shape index (κ3) is 7.31. The topological polar surface area (TPSA) is 142 Å². The van der Waals surface area contributed by atoms with E-state index in [2.05, 4.69) is 20.7 Å². The van der Waals surface area contributed by atoms with Crippen LogP contribution in [0.2, 0.25) is 0 Å². The minimum atomic E-state index is -4.08. The van der Waals surface area contributed by atoms with E-state index < -0.39 is 45.0 Å². The van der Waals surface area contributed by atoms with Gasteiger partial charge in [0.05, 0.1) is 47.5 Å². The third-order valence-electron chi connectivity index (χ3n) is 5.28. The largest absolute Gasteiger partial charge is 0.384 e. The summed E-state index contributed by atoms with van der Waals surface area (Å²) in [4.78, 5) is 29.6. The van der Waals surface area contributed by atoms with Gasteiger partial charge in [0, 0.05) is 32.5 Å². The van der Waals surface area contributed by atoms with Crippen LogP contribution in [0.15, 0.2) is 24.4 Å². The molecule has 2 amide bonds. The van der Waals surface area contributed by atoms with Crippen LogP contribution >= 0.6 is 11.3 Å². The van der Waals surface area contributed by atoms with Crippen LogP contribution < -0.4 is 10.6 Å². The fraction of sp³-hybridized carbons (Fsp3) is 0.478. The fourth-order valence-electron chi connectivity index (χ4n) is 3.47. The highest BCUT2D eigenvalue weighted by atomic mass is 32.2. The molecule has 0 fully saturated rings. The van der Waals surface area contributed by atoms with E-state index >= 15 is 0 Å². The maximum absolute atomic E-state index is 14.9. The minimum absolute atomic E-state index is 0.0113. The average molecular weight is 556 g/mol. The fourth-order valence-corrected chi connectivity index (χ4v) is 6.41. The number of benzene rings is 1. The number of nitrogens with zero attached hydrogens (tertiary/aromatic N) is 3. The molecule has 0 spiro atoms. The first-order valence-corrected chi connectivity index (χ1v) is 14.0. The Morgan fingerprint density at radius 1 is 1.22 bits per heavy atom. The SMILES string of the molecule is COCCS(=O)(=O)C(C(=O)NCC(=O)NCCOC(C)C)c1nc2cc(-c3ccnn3C)c(F)cc2s1. The zero-order valence-electron chi connectivity index (χ0n) is 21.0. The van der Waals surface area contributed by atoms with Crippen molar-refractivity contribution in [2.75, 3.05) is 39.2 Å². The summed E-state index contributed by atoms with van der Waals surface area (Å²) in [5.41, 5.74) is 1.09. The maximum Gasteiger partial charge on any atom is 0.245 e. The summed E-state index contributed by atoms with van der Waals surface area (Å²) in [6.45, 7) is 3.71. The zero-order chi connectivity index (χ0) is 27.2. The van der Waals surface area contributed by atoms with E-state index in [0.717, 1.165) is 11.3 Å². The Balaban J connectivity index is 1.85. The van der Waals surface area contributed by atoms with Gasteiger partial charge in [0.2, 0.25) is 11.8 Å². The molecule has 2 aromatic heterocycles. The van der Waals surface area contributed by atoms with Crippen molar-refractivity contribution in [3.8, 4) is 11.3 Å². The van der Waals surface area contributed by atoms with Gasteiger partial charge in [0.25, 0.3) is 0 Å². The monoisotopic (exact) mass is 555 g/mol. The number of amides is 2. The molecule has 14 heteroatoms. The van der Waals surface area contributed by atoms with Crippen molar-refractivity contribution in [2.45, 2.75) is 25.2 Å². The van der Waals surface area contributed by atoms with Crippen molar-refractivity contribution in [1.82, 2.24) is 25.4 Å². The molecule has 11 nitrogen and oxygen atoms in total. The van der Waals surface area contributed by atoms with Crippen LogP contribution in [-0.4, -0.2) is 80.3 Å². The lowest BCUT2D eigenvalue weighted by Crippen LogP contribution is -2.42. The summed E-state index contributed by atoms with van der Waals surface area (Å²) in [6.07, 6.45) is 1.54. The molecule has 0 aliphatic rings. The number of rotatable bonds is 13. The van der Waals surface area contributed by atoms with E-state index in [1.165, 1.54) is 30.1 Å². The summed E-state index contributed by atoms with van der Waals surface area (Å²) in [5.74, 6) is -2.38. The van der Waals surface area contributed by atoms with Gasteiger partial charge in [-0.2, -0.15) is 5.10 Å². The van der Waals surface area contributed by atoms with Gasteiger partial charge in [-0.05, 0) is 32.0 Å². The average Bonchev–Trinajstić information content (AvgIpc) is 3.43. The number of fused-ring (bicyclic) bond motifs is 1. The first kappa shape index (κ1) is 28.6. The van der Waals surface area contributed by atoms with Crippen LogP contribution in [0.3, 0.4) is 0 Å². The molecule has 1 unspecified atom stereocenters. The number of hydrogen-bond donors (Lipinski definition) is 2. The van der Waals surface area contributed by atoms with E-state index in [-0.39, 0.29) is 29.8 Å². The number of ether oxygens (including phenoxy) is 2. The molecular weight excluding hydrogens is 525 g/mol. The van der Waals surface area contributed by atoms with Crippen LogP contribution in [0, 0.1) is 5.82 Å². The molecule has 37 heavy (non-hydrogen) atoms. The number of methoxy groups -OCH3 is 1. The first-order chi connectivity index (χ1) is 17.5. The van der Waals surface area contributed by atoms with Crippen LogP contribution in [-0.2, 0) is 35.9 Å². The first-order valence-electron chi connectivity index (χ1n) is 11.5. The molecule has 202 valence electrons. The summed E-state index contributed by atoms with van der Waals surface area (Å²) < 4.78 is 53.2. The molecule has 0 bridgehead atoms. The van der Waals surface area contributed by atoms with Gasteiger partial charge in [-0.15, -0.1) is 11.3 Å². The summed E-state index contributed by atoms with van der Waals surface area (Å²) in [5, 5.41) is 7.29. The van der Waals surface area contributed by atoms with Crippen molar-refractivity contribution in [3.05, 3.63) is 35.2 Å². The molecule has 0 aliphatic carbocycles. The second kappa shape index (κ2) is 12.5. The quantitative estimate of drug-likeness (QED) is 0.303. The van der Waals surface area contributed by atoms with Gasteiger partial charge < -0.3 is 20.1 Å². The van der Waals surface area contributed by atoms with Gasteiger partial charge in [-0.1, -0.05) is 0 Å². The van der Waals surface area contributed by atoms with Crippen LogP contribution in [0.1, 0.15) is 24.1 Å². The summed E-state index contributed by atoms with van der Waals surface area (Å²) in [7, 11) is -1.07. The Morgan fingerprint density at radius 2 is 1.97 bits per heavy atom. The van der Waals surface area contributed by atoms with Crippen molar-refractivity contribution in [1.29, 1.82) is 0 Å². The van der Waals surface area contributed by atoms with Gasteiger partial charge in [-0.3, -0.25) is 14.3 Å². The molecule has 0 aliphatic heterocycles. The molecule has 1 aromatic carbocycles. The van der Waals surface area contributed by atoms with Crippen LogP contribution in [0.25, 0.3) is 21.5 Å². The van der Waals surface area contributed by atoms with Gasteiger partial charge in [-0.25, -0.2) is 17.8 Å². The predicted octanol–water partition coefficient (Wildman–Crippen LogP) is 1.60. The number of halogens is 1. The molecular formula is C23H30FN5O6S2.